The van der Waals surface area contributed by atoms with Gasteiger partial charge in [0.15, 0.2) is 0 Å². The number of amides is 2. The number of carbonyl (C=O) groups is 3. The predicted octanol–water partition coefficient (Wildman–Crippen LogP) is 2.29. The fourth-order valence-corrected chi connectivity index (χ4v) is 7.29. The summed E-state index contributed by atoms with van der Waals surface area (Å²) in [5, 5.41) is 2.53. The minimum absolute atomic E-state index is 0.150. The van der Waals surface area contributed by atoms with Crippen LogP contribution in [0.5, 0.6) is 11.5 Å². The lowest BCUT2D eigenvalue weighted by molar-refractivity contribution is -0.165. The van der Waals surface area contributed by atoms with E-state index in [-0.39, 0.29) is 23.5 Å². The zero-order chi connectivity index (χ0) is 26.2. The standard InChI is InChI=1S/C27H31N3O6S/c1-29-14-12-27(13-15-29)22(26(33)36-16-17-8-5-4-6-9-17)30-24(32)21(25(30)37-27)28-23(31)20-18(34-2)10-7-11-19(20)35-3/h4-11,21-22,25H,12-16H2,1-3H3,(H,28,31)/t21?,22?,25-/m0/s1. The third-order valence-electron chi connectivity index (χ3n) is 7.43. The molecule has 3 fully saturated rings. The average molecular weight is 526 g/mol. The first-order valence-corrected chi connectivity index (χ1v) is 13.2. The Morgan fingerprint density at radius 1 is 1.03 bits per heavy atom. The lowest BCUT2D eigenvalue weighted by atomic mass is 9.85. The summed E-state index contributed by atoms with van der Waals surface area (Å²) in [5.74, 6) is -0.423. The number of nitrogens with one attached hydrogen (secondary N) is 1. The Labute approximate surface area is 220 Å². The second kappa shape index (κ2) is 10.3. The first kappa shape index (κ1) is 25.4. The molecule has 1 N–H and O–H groups in total. The number of hydrogen-bond acceptors (Lipinski definition) is 8. The summed E-state index contributed by atoms with van der Waals surface area (Å²) in [6, 6.07) is 13.1. The predicted molar refractivity (Wildman–Crippen MR) is 139 cm³/mol. The molecule has 196 valence electrons. The number of benzene rings is 2. The van der Waals surface area contributed by atoms with Gasteiger partial charge in [-0.1, -0.05) is 36.4 Å². The van der Waals surface area contributed by atoms with E-state index >= 15 is 0 Å². The highest BCUT2D eigenvalue weighted by Crippen LogP contribution is 2.55. The Balaban J connectivity index is 1.36. The first-order valence-electron chi connectivity index (χ1n) is 12.3. The van der Waals surface area contributed by atoms with Crippen molar-refractivity contribution >= 4 is 29.5 Å². The zero-order valence-electron chi connectivity index (χ0n) is 21.1. The Morgan fingerprint density at radius 3 is 2.30 bits per heavy atom. The topological polar surface area (TPSA) is 97.4 Å². The largest absolute Gasteiger partial charge is 0.496 e. The fraction of sp³-hybridized carbons (Fsp3) is 0.444. The van der Waals surface area contributed by atoms with Crippen molar-refractivity contribution < 1.29 is 28.6 Å². The van der Waals surface area contributed by atoms with E-state index in [2.05, 4.69) is 17.3 Å². The highest BCUT2D eigenvalue weighted by molar-refractivity contribution is 8.01. The van der Waals surface area contributed by atoms with Crippen LogP contribution in [0.2, 0.25) is 0 Å². The molecule has 5 rings (SSSR count). The van der Waals surface area contributed by atoms with Gasteiger partial charge in [-0.15, -0.1) is 11.8 Å². The van der Waals surface area contributed by atoms with E-state index in [9.17, 15) is 14.4 Å². The Hall–Kier alpha value is -3.24. The number of hydrogen-bond donors (Lipinski definition) is 1. The maximum atomic E-state index is 13.5. The number of piperidine rings is 1. The second-order valence-corrected chi connectivity index (χ2v) is 11.1. The van der Waals surface area contributed by atoms with Crippen molar-refractivity contribution in [3.05, 3.63) is 59.7 Å². The number of β-lactam (4-membered cyclic amide) rings is 1. The van der Waals surface area contributed by atoms with Gasteiger partial charge in [0.25, 0.3) is 5.91 Å². The number of likely N-dealkylation sites (tertiary alicyclic amines) is 1. The maximum Gasteiger partial charge on any atom is 0.330 e. The minimum atomic E-state index is -0.754. The lowest BCUT2D eigenvalue weighted by Gasteiger charge is -2.44. The molecule has 3 aliphatic rings. The molecule has 9 nitrogen and oxygen atoms in total. The number of esters is 1. The molecule has 3 atom stereocenters. The summed E-state index contributed by atoms with van der Waals surface area (Å²) in [6.45, 7) is 1.79. The SMILES string of the molecule is COc1cccc(OC)c1C(=O)NC1C(=O)N2C(C(=O)OCc3ccccc3)C3(CCN(C)CC3)S[C@@H]12. The van der Waals surface area contributed by atoms with Crippen molar-refractivity contribution in [2.45, 2.75) is 41.7 Å². The van der Waals surface area contributed by atoms with Gasteiger partial charge in [-0.3, -0.25) is 9.59 Å². The summed E-state index contributed by atoms with van der Waals surface area (Å²) in [4.78, 5) is 44.0. The van der Waals surface area contributed by atoms with Gasteiger partial charge in [0.2, 0.25) is 5.91 Å². The fourth-order valence-electron chi connectivity index (χ4n) is 5.39. The smallest absolute Gasteiger partial charge is 0.330 e. The normalized spacial score (nSPS) is 24.2. The maximum absolute atomic E-state index is 13.5. The number of thioether (sulfide) groups is 1. The van der Waals surface area contributed by atoms with Crippen LogP contribution in [0, 0.1) is 0 Å². The van der Waals surface area contributed by atoms with Crippen molar-refractivity contribution in [3.8, 4) is 11.5 Å². The molecule has 2 amide bonds. The minimum Gasteiger partial charge on any atom is -0.496 e. The van der Waals surface area contributed by atoms with Crippen molar-refractivity contribution in [2.24, 2.45) is 0 Å². The van der Waals surface area contributed by atoms with Crippen LogP contribution in [0.3, 0.4) is 0 Å². The quantitative estimate of drug-likeness (QED) is 0.435. The molecule has 0 radical (unpaired) electrons. The molecule has 0 saturated carbocycles. The van der Waals surface area contributed by atoms with Crippen molar-refractivity contribution in [1.82, 2.24) is 15.1 Å². The van der Waals surface area contributed by atoms with Gasteiger partial charge in [-0.05, 0) is 50.7 Å². The van der Waals surface area contributed by atoms with Crippen LogP contribution in [0.15, 0.2) is 48.5 Å². The molecule has 0 aromatic heterocycles. The molecule has 0 aliphatic carbocycles. The Morgan fingerprint density at radius 2 is 1.68 bits per heavy atom. The van der Waals surface area contributed by atoms with Crippen LogP contribution < -0.4 is 14.8 Å². The molecule has 3 saturated heterocycles. The lowest BCUT2D eigenvalue weighted by Crippen LogP contribution is -2.71. The van der Waals surface area contributed by atoms with E-state index in [0.29, 0.717) is 11.5 Å². The van der Waals surface area contributed by atoms with E-state index < -0.39 is 28.7 Å². The van der Waals surface area contributed by atoms with Crippen molar-refractivity contribution in [2.75, 3.05) is 34.4 Å². The molecule has 2 aromatic rings. The summed E-state index contributed by atoms with van der Waals surface area (Å²) in [7, 11) is 5.01. The van der Waals surface area contributed by atoms with Gasteiger partial charge in [-0.25, -0.2) is 4.79 Å². The Bertz CT molecular complexity index is 1160. The summed E-state index contributed by atoms with van der Waals surface area (Å²) < 4.78 is 16.0. The Kier molecular flexibility index (Phi) is 7.04. The third-order valence-corrected chi connectivity index (χ3v) is 9.28. The summed E-state index contributed by atoms with van der Waals surface area (Å²) >= 11 is 1.61. The van der Waals surface area contributed by atoms with E-state index in [1.807, 2.05) is 30.3 Å². The third kappa shape index (κ3) is 4.53. The molecule has 10 heteroatoms. The monoisotopic (exact) mass is 525 g/mol. The molecule has 0 bridgehead atoms. The van der Waals surface area contributed by atoms with Gasteiger partial charge in [0, 0.05) is 0 Å². The molecule has 3 aliphatic heterocycles. The van der Waals surface area contributed by atoms with E-state index in [0.717, 1.165) is 31.5 Å². The molecule has 2 unspecified atom stereocenters. The van der Waals surface area contributed by atoms with Gasteiger partial charge in [0.05, 0.1) is 19.0 Å². The highest BCUT2D eigenvalue weighted by atomic mass is 32.2. The number of rotatable bonds is 7. The molecular weight excluding hydrogens is 494 g/mol. The van der Waals surface area contributed by atoms with Gasteiger partial charge in [0.1, 0.15) is 41.1 Å². The van der Waals surface area contributed by atoms with Crippen LogP contribution in [0.4, 0.5) is 0 Å². The van der Waals surface area contributed by atoms with E-state index in [1.54, 1.807) is 34.9 Å². The first-order chi connectivity index (χ1) is 17.9. The van der Waals surface area contributed by atoms with Crippen LogP contribution in [-0.4, -0.2) is 84.1 Å². The highest BCUT2D eigenvalue weighted by Gasteiger charge is 2.67. The molecular formula is C27H31N3O6S. The zero-order valence-corrected chi connectivity index (χ0v) is 22.0. The van der Waals surface area contributed by atoms with Crippen LogP contribution >= 0.6 is 11.8 Å². The van der Waals surface area contributed by atoms with Crippen LogP contribution in [-0.2, 0) is 20.9 Å². The van der Waals surface area contributed by atoms with E-state index in [4.69, 9.17) is 14.2 Å². The number of ether oxygens (including phenoxy) is 3. The second-order valence-electron chi connectivity index (χ2n) is 9.61. The molecule has 1 spiro atoms. The summed E-state index contributed by atoms with van der Waals surface area (Å²) in [6.07, 6.45) is 1.50. The molecule has 2 aromatic carbocycles. The van der Waals surface area contributed by atoms with Crippen LogP contribution in [0.25, 0.3) is 0 Å². The van der Waals surface area contributed by atoms with Gasteiger partial charge < -0.3 is 29.3 Å². The van der Waals surface area contributed by atoms with E-state index in [1.165, 1.54) is 14.2 Å². The number of fused-ring (bicyclic) bond motifs is 1. The van der Waals surface area contributed by atoms with Gasteiger partial charge in [-0.2, -0.15) is 0 Å². The summed E-state index contributed by atoms with van der Waals surface area (Å²) in [5.41, 5.74) is 1.12. The van der Waals surface area contributed by atoms with Crippen LogP contribution in [0.1, 0.15) is 28.8 Å². The van der Waals surface area contributed by atoms with Crippen molar-refractivity contribution in [3.63, 3.8) is 0 Å². The molecule has 37 heavy (non-hydrogen) atoms. The van der Waals surface area contributed by atoms with Crippen molar-refractivity contribution in [1.29, 1.82) is 0 Å². The number of nitrogens with zero attached hydrogens (tertiary/aromatic N) is 2. The molecule has 3 heterocycles. The number of carbonyl (C=O) groups excluding carboxylic acids is 3. The average Bonchev–Trinajstić information content (AvgIpc) is 3.22. The number of methoxy groups -OCH3 is 2. The van der Waals surface area contributed by atoms with Gasteiger partial charge >= 0.3 is 5.97 Å².